The van der Waals surface area contributed by atoms with Gasteiger partial charge in [-0.25, -0.2) is 9.97 Å². The van der Waals surface area contributed by atoms with Gasteiger partial charge in [0.1, 0.15) is 11.2 Å². The molecule has 1 aromatic heterocycles. The second-order valence-corrected chi connectivity index (χ2v) is 4.48. The molecule has 0 atom stereocenters. The van der Waals surface area contributed by atoms with E-state index in [9.17, 15) is 0 Å². The van der Waals surface area contributed by atoms with Gasteiger partial charge in [0.2, 0.25) is 11.8 Å². The fourth-order valence-electron chi connectivity index (χ4n) is 1.49. The van der Waals surface area contributed by atoms with Crippen molar-refractivity contribution >= 4 is 11.8 Å². The van der Waals surface area contributed by atoms with Crippen molar-refractivity contribution in [3.05, 3.63) is 42.2 Å². The minimum atomic E-state index is 0.544. The van der Waals surface area contributed by atoms with Crippen molar-refractivity contribution in [2.24, 2.45) is 0 Å². The number of nitrogens with zero attached hydrogens (tertiary/aromatic N) is 2. The SMILES string of the molecule is COc1ncnc(OC)c1SCc1ccccc1. The monoisotopic (exact) mass is 262 g/mol. The molecule has 1 aromatic carbocycles. The standard InChI is InChI=1S/C13H14N2O2S/c1-16-12-11(13(17-2)15-9-14-12)18-8-10-6-4-3-5-7-10/h3-7,9H,8H2,1-2H3. The Morgan fingerprint density at radius 1 is 1.00 bits per heavy atom. The minimum Gasteiger partial charge on any atom is -0.480 e. The highest BCUT2D eigenvalue weighted by molar-refractivity contribution is 7.98. The topological polar surface area (TPSA) is 44.2 Å². The lowest BCUT2D eigenvalue weighted by Gasteiger charge is -2.10. The van der Waals surface area contributed by atoms with Crippen LogP contribution in [0, 0.1) is 0 Å². The van der Waals surface area contributed by atoms with Crippen LogP contribution in [0.3, 0.4) is 0 Å². The van der Waals surface area contributed by atoms with Crippen molar-refractivity contribution in [2.45, 2.75) is 10.6 Å². The normalized spacial score (nSPS) is 10.1. The molecule has 0 aliphatic carbocycles. The summed E-state index contributed by atoms with van der Waals surface area (Å²) in [6.07, 6.45) is 1.43. The van der Waals surface area contributed by atoms with Gasteiger partial charge in [0.25, 0.3) is 0 Å². The van der Waals surface area contributed by atoms with Gasteiger partial charge in [0.05, 0.1) is 14.2 Å². The lowest BCUT2D eigenvalue weighted by Crippen LogP contribution is -1.97. The molecule has 4 nitrogen and oxygen atoms in total. The van der Waals surface area contributed by atoms with E-state index < -0.39 is 0 Å². The van der Waals surface area contributed by atoms with Crippen molar-refractivity contribution in [1.29, 1.82) is 0 Å². The smallest absolute Gasteiger partial charge is 0.234 e. The number of hydrogen-bond donors (Lipinski definition) is 0. The summed E-state index contributed by atoms with van der Waals surface area (Å²) in [6.45, 7) is 0. The van der Waals surface area contributed by atoms with Gasteiger partial charge in [-0.1, -0.05) is 30.3 Å². The van der Waals surface area contributed by atoms with Crippen LogP contribution in [0.1, 0.15) is 5.56 Å². The predicted octanol–water partition coefficient (Wildman–Crippen LogP) is 2.79. The van der Waals surface area contributed by atoms with Crippen LogP contribution >= 0.6 is 11.8 Å². The molecule has 0 bridgehead atoms. The van der Waals surface area contributed by atoms with Gasteiger partial charge in [-0.05, 0) is 5.56 Å². The van der Waals surface area contributed by atoms with Crippen molar-refractivity contribution in [2.75, 3.05) is 14.2 Å². The highest BCUT2D eigenvalue weighted by Crippen LogP contribution is 2.35. The van der Waals surface area contributed by atoms with E-state index in [0.717, 1.165) is 10.6 Å². The molecular formula is C13H14N2O2S. The zero-order valence-corrected chi connectivity index (χ0v) is 11.1. The van der Waals surface area contributed by atoms with Crippen LogP contribution in [0.2, 0.25) is 0 Å². The summed E-state index contributed by atoms with van der Waals surface area (Å²) in [4.78, 5) is 8.99. The molecule has 0 saturated heterocycles. The van der Waals surface area contributed by atoms with E-state index in [2.05, 4.69) is 22.1 Å². The molecule has 0 amide bonds. The Labute approximate surface area is 110 Å². The van der Waals surface area contributed by atoms with Gasteiger partial charge < -0.3 is 9.47 Å². The summed E-state index contributed by atoms with van der Waals surface area (Å²) in [5, 5.41) is 0. The van der Waals surface area contributed by atoms with E-state index in [-0.39, 0.29) is 0 Å². The third-order valence-corrected chi connectivity index (χ3v) is 3.47. The first-order chi connectivity index (χ1) is 8.85. The highest BCUT2D eigenvalue weighted by Gasteiger charge is 2.13. The number of ether oxygens (including phenoxy) is 2. The Bertz CT molecular complexity index is 483. The summed E-state index contributed by atoms with van der Waals surface area (Å²) < 4.78 is 10.4. The number of methoxy groups -OCH3 is 2. The molecule has 5 heteroatoms. The van der Waals surface area contributed by atoms with Gasteiger partial charge >= 0.3 is 0 Å². The average Bonchev–Trinajstić information content (AvgIpc) is 2.45. The summed E-state index contributed by atoms with van der Waals surface area (Å²) in [5.41, 5.74) is 1.23. The van der Waals surface area contributed by atoms with E-state index in [0.29, 0.717) is 11.8 Å². The largest absolute Gasteiger partial charge is 0.480 e. The predicted molar refractivity (Wildman–Crippen MR) is 71.1 cm³/mol. The first-order valence-corrected chi connectivity index (χ1v) is 6.43. The Balaban J connectivity index is 2.17. The molecule has 2 aromatic rings. The third-order valence-electron chi connectivity index (χ3n) is 2.35. The molecule has 94 valence electrons. The molecule has 0 unspecified atom stereocenters. The maximum atomic E-state index is 5.22. The molecule has 2 rings (SSSR count). The Morgan fingerprint density at radius 2 is 1.61 bits per heavy atom. The van der Waals surface area contributed by atoms with Gasteiger partial charge in [0.15, 0.2) is 0 Å². The van der Waals surface area contributed by atoms with E-state index in [1.165, 1.54) is 11.9 Å². The second-order valence-electron chi connectivity index (χ2n) is 3.50. The molecular weight excluding hydrogens is 248 g/mol. The van der Waals surface area contributed by atoms with Crippen molar-refractivity contribution in [1.82, 2.24) is 9.97 Å². The number of benzene rings is 1. The maximum absolute atomic E-state index is 5.22. The summed E-state index contributed by atoms with van der Waals surface area (Å²) in [7, 11) is 3.18. The van der Waals surface area contributed by atoms with Crippen LogP contribution in [0.15, 0.2) is 41.6 Å². The second kappa shape index (κ2) is 6.26. The first-order valence-electron chi connectivity index (χ1n) is 5.45. The molecule has 1 heterocycles. The fourth-order valence-corrected chi connectivity index (χ4v) is 2.51. The molecule has 0 spiro atoms. The van der Waals surface area contributed by atoms with Gasteiger partial charge in [0, 0.05) is 5.75 Å². The number of rotatable bonds is 5. The van der Waals surface area contributed by atoms with Gasteiger partial charge in [-0.15, -0.1) is 11.8 Å². The van der Waals surface area contributed by atoms with Crippen LogP contribution < -0.4 is 9.47 Å². The average molecular weight is 262 g/mol. The van der Waals surface area contributed by atoms with Crippen LogP contribution in [-0.2, 0) is 5.75 Å². The Kier molecular flexibility index (Phi) is 4.41. The summed E-state index contributed by atoms with van der Waals surface area (Å²) >= 11 is 1.60. The lowest BCUT2D eigenvalue weighted by molar-refractivity contribution is 0.352. The highest BCUT2D eigenvalue weighted by atomic mass is 32.2. The van der Waals surface area contributed by atoms with Crippen LogP contribution in [-0.4, -0.2) is 24.2 Å². The van der Waals surface area contributed by atoms with Crippen LogP contribution in [0.5, 0.6) is 11.8 Å². The minimum absolute atomic E-state index is 0.544. The zero-order valence-electron chi connectivity index (χ0n) is 10.3. The van der Waals surface area contributed by atoms with E-state index in [4.69, 9.17) is 9.47 Å². The number of hydrogen-bond acceptors (Lipinski definition) is 5. The molecule has 0 aliphatic rings. The van der Waals surface area contributed by atoms with E-state index in [1.54, 1.807) is 26.0 Å². The maximum Gasteiger partial charge on any atom is 0.234 e. The lowest BCUT2D eigenvalue weighted by atomic mass is 10.2. The summed E-state index contributed by atoms with van der Waals surface area (Å²) in [5.74, 6) is 1.91. The number of thioether (sulfide) groups is 1. The molecule has 0 aliphatic heterocycles. The van der Waals surface area contributed by atoms with Gasteiger partial charge in [-0.2, -0.15) is 0 Å². The van der Waals surface area contributed by atoms with Crippen molar-refractivity contribution in [3.63, 3.8) is 0 Å². The quantitative estimate of drug-likeness (QED) is 0.775. The molecule has 0 N–H and O–H groups in total. The molecule has 18 heavy (non-hydrogen) atoms. The van der Waals surface area contributed by atoms with E-state index in [1.807, 2.05) is 18.2 Å². The van der Waals surface area contributed by atoms with Crippen LogP contribution in [0.4, 0.5) is 0 Å². The summed E-state index contributed by atoms with van der Waals surface area (Å²) in [6, 6.07) is 10.2. The van der Waals surface area contributed by atoms with Crippen LogP contribution in [0.25, 0.3) is 0 Å². The zero-order chi connectivity index (χ0) is 12.8. The van der Waals surface area contributed by atoms with Crippen molar-refractivity contribution in [3.8, 4) is 11.8 Å². The molecule has 0 fully saturated rings. The Morgan fingerprint density at radius 3 is 2.17 bits per heavy atom. The van der Waals surface area contributed by atoms with Gasteiger partial charge in [-0.3, -0.25) is 0 Å². The van der Waals surface area contributed by atoms with Crippen molar-refractivity contribution < 1.29 is 9.47 Å². The first kappa shape index (κ1) is 12.7. The Hall–Kier alpha value is -1.75. The third kappa shape index (κ3) is 2.92. The number of aromatic nitrogens is 2. The van der Waals surface area contributed by atoms with E-state index >= 15 is 0 Å². The fraction of sp³-hybridized carbons (Fsp3) is 0.231. The molecule has 0 saturated carbocycles. The molecule has 0 radical (unpaired) electrons.